The monoisotopic (exact) mass is 338 g/mol. The van der Waals surface area contributed by atoms with Crippen molar-refractivity contribution in [2.24, 2.45) is 0 Å². The molecule has 0 atom stereocenters. The zero-order chi connectivity index (χ0) is 14.3. The number of nitro benzene ring substituents is 1. The predicted molar refractivity (Wildman–Crippen MR) is 75.7 cm³/mol. The van der Waals surface area contributed by atoms with E-state index >= 15 is 0 Å². The Kier molecular flexibility index (Phi) is 3.19. The predicted octanol–water partition coefficient (Wildman–Crippen LogP) is 2.20. The summed E-state index contributed by atoms with van der Waals surface area (Å²) in [6.45, 7) is 1.02. The second-order valence-corrected chi connectivity index (χ2v) is 5.27. The van der Waals surface area contributed by atoms with Crippen molar-refractivity contribution >= 4 is 27.4 Å². The van der Waals surface area contributed by atoms with Crippen LogP contribution in [0.1, 0.15) is 11.3 Å². The lowest BCUT2D eigenvalue weighted by atomic mass is 10.1. The first kappa shape index (κ1) is 13.1. The second-order valence-electron chi connectivity index (χ2n) is 4.42. The van der Waals surface area contributed by atoms with E-state index in [1.165, 1.54) is 6.07 Å². The second kappa shape index (κ2) is 4.88. The molecule has 20 heavy (non-hydrogen) atoms. The molecule has 0 amide bonds. The zero-order valence-corrected chi connectivity index (χ0v) is 12.0. The molecule has 0 unspecified atom stereocenters. The summed E-state index contributed by atoms with van der Waals surface area (Å²) in [6, 6.07) is 4.88. The Morgan fingerprint density at radius 3 is 3.05 bits per heavy atom. The maximum atomic E-state index is 11.0. The Hall–Kier alpha value is -1.93. The molecule has 8 heteroatoms. The Morgan fingerprint density at radius 2 is 2.30 bits per heavy atom. The highest BCUT2D eigenvalue weighted by Gasteiger charge is 2.22. The maximum absolute atomic E-state index is 11.0. The molecule has 0 bridgehead atoms. The standard InChI is InChI=1S/C12H11BrN4O3/c13-9-2-1-7(5-11(9)17(18)19)16-10-3-4-20-6-8(10)12(14)15-16/h1-2,5H,3-4,6H2,(H2,14,15). The Labute approximate surface area is 122 Å². The van der Waals surface area contributed by atoms with E-state index in [4.69, 9.17) is 10.5 Å². The lowest BCUT2D eigenvalue weighted by Gasteiger charge is -2.14. The minimum atomic E-state index is -0.435. The van der Waals surface area contributed by atoms with Crippen molar-refractivity contribution in [3.05, 3.63) is 44.0 Å². The van der Waals surface area contributed by atoms with Gasteiger partial charge >= 0.3 is 0 Å². The molecule has 1 aromatic heterocycles. The van der Waals surface area contributed by atoms with Gasteiger partial charge in [-0.05, 0) is 28.1 Å². The molecular weight excluding hydrogens is 328 g/mol. The molecule has 1 aromatic carbocycles. The number of aromatic nitrogens is 2. The average Bonchev–Trinajstić information content (AvgIpc) is 2.77. The fourth-order valence-electron chi connectivity index (χ4n) is 2.25. The van der Waals surface area contributed by atoms with Crippen LogP contribution < -0.4 is 5.73 Å². The molecule has 0 fully saturated rings. The summed E-state index contributed by atoms with van der Waals surface area (Å²) >= 11 is 3.17. The van der Waals surface area contributed by atoms with Gasteiger partial charge in [0, 0.05) is 18.1 Å². The molecule has 0 spiro atoms. The largest absolute Gasteiger partial charge is 0.382 e. The Bertz CT molecular complexity index is 698. The SMILES string of the molecule is Nc1nn(-c2ccc(Br)c([N+](=O)[O-])c2)c2c1COCC2. The first-order chi connectivity index (χ1) is 9.58. The number of fused-ring (bicyclic) bond motifs is 1. The molecule has 7 nitrogen and oxygen atoms in total. The number of ether oxygens (including phenoxy) is 1. The Morgan fingerprint density at radius 1 is 1.50 bits per heavy atom. The topological polar surface area (TPSA) is 96.2 Å². The highest BCUT2D eigenvalue weighted by Crippen LogP contribution is 2.30. The van der Waals surface area contributed by atoms with Gasteiger partial charge in [-0.25, -0.2) is 4.68 Å². The molecule has 2 aromatic rings. The van der Waals surface area contributed by atoms with Crippen molar-refractivity contribution < 1.29 is 9.66 Å². The number of benzene rings is 1. The molecular formula is C12H11BrN4O3. The number of nitrogens with two attached hydrogens (primary N) is 1. The lowest BCUT2D eigenvalue weighted by molar-refractivity contribution is -0.385. The van der Waals surface area contributed by atoms with Gasteiger partial charge in [0.05, 0.1) is 34.0 Å². The van der Waals surface area contributed by atoms with E-state index in [0.29, 0.717) is 35.6 Å². The highest BCUT2D eigenvalue weighted by molar-refractivity contribution is 9.10. The van der Waals surface area contributed by atoms with Crippen molar-refractivity contribution in [2.45, 2.75) is 13.0 Å². The summed E-state index contributed by atoms with van der Waals surface area (Å²) < 4.78 is 7.45. The molecule has 2 N–H and O–H groups in total. The summed E-state index contributed by atoms with van der Waals surface area (Å²) in [6.07, 6.45) is 0.684. The summed E-state index contributed by atoms with van der Waals surface area (Å²) in [5.74, 6) is 0.408. The molecule has 1 aliphatic rings. The summed E-state index contributed by atoms with van der Waals surface area (Å²) in [4.78, 5) is 10.6. The number of nitro groups is 1. The van der Waals surface area contributed by atoms with Crippen LogP contribution in [0.25, 0.3) is 5.69 Å². The van der Waals surface area contributed by atoms with Crippen molar-refractivity contribution in [3.63, 3.8) is 0 Å². The van der Waals surface area contributed by atoms with Gasteiger partial charge in [-0.2, -0.15) is 5.10 Å². The van der Waals surface area contributed by atoms with Gasteiger partial charge in [-0.3, -0.25) is 10.1 Å². The van der Waals surface area contributed by atoms with Crippen LogP contribution in [0.15, 0.2) is 22.7 Å². The molecule has 0 radical (unpaired) electrons. The summed E-state index contributed by atoms with van der Waals surface area (Å²) in [7, 11) is 0. The third-order valence-electron chi connectivity index (χ3n) is 3.22. The molecule has 104 valence electrons. The van der Waals surface area contributed by atoms with Crippen molar-refractivity contribution in [2.75, 3.05) is 12.3 Å². The molecule has 0 saturated heterocycles. The van der Waals surface area contributed by atoms with Gasteiger partial charge in [0.25, 0.3) is 5.69 Å². The smallest absolute Gasteiger partial charge is 0.285 e. The number of hydrogen-bond donors (Lipinski definition) is 1. The van der Waals surface area contributed by atoms with Gasteiger partial charge in [0.15, 0.2) is 5.82 Å². The lowest BCUT2D eigenvalue weighted by Crippen LogP contribution is -2.13. The molecule has 1 aliphatic heterocycles. The number of hydrogen-bond acceptors (Lipinski definition) is 5. The van der Waals surface area contributed by atoms with E-state index < -0.39 is 4.92 Å². The molecule has 2 heterocycles. The van der Waals surface area contributed by atoms with Crippen molar-refractivity contribution in [3.8, 4) is 5.69 Å². The number of rotatable bonds is 2. The van der Waals surface area contributed by atoms with E-state index in [-0.39, 0.29) is 5.69 Å². The first-order valence-electron chi connectivity index (χ1n) is 5.96. The summed E-state index contributed by atoms with van der Waals surface area (Å²) in [5, 5.41) is 15.3. The molecule has 3 rings (SSSR count). The number of anilines is 1. The van der Waals surface area contributed by atoms with E-state index in [1.807, 2.05) is 0 Å². The third-order valence-corrected chi connectivity index (χ3v) is 3.89. The van der Waals surface area contributed by atoms with Crippen LogP contribution >= 0.6 is 15.9 Å². The van der Waals surface area contributed by atoms with E-state index in [9.17, 15) is 10.1 Å². The van der Waals surface area contributed by atoms with E-state index in [1.54, 1.807) is 16.8 Å². The van der Waals surface area contributed by atoms with E-state index in [0.717, 1.165) is 11.3 Å². The number of nitrogen functional groups attached to an aromatic ring is 1. The van der Waals surface area contributed by atoms with Gasteiger partial charge in [-0.1, -0.05) is 0 Å². The normalized spacial score (nSPS) is 14.1. The van der Waals surface area contributed by atoms with Crippen LogP contribution in [0.3, 0.4) is 0 Å². The van der Waals surface area contributed by atoms with Crippen LogP contribution in [0.5, 0.6) is 0 Å². The number of nitrogens with zero attached hydrogens (tertiary/aromatic N) is 3. The van der Waals surface area contributed by atoms with Gasteiger partial charge in [-0.15, -0.1) is 0 Å². The third kappa shape index (κ3) is 2.06. The number of halogens is 1. The maximum Gasteiger partial charge on any atom is 0.285 e. The minimum Gasteiger partial charge on any atom is -0.382 e. The fourth-order valence-corrected chi connectivity index (χ4v) is 2.64. The zero-order valence-electron chi connectivity index (χ0n) is 10.4. The molecule has 0 saturated carbocycles. The summed E-state index contributed by atoms with van der Waals surface area (Å²) in [5.41, 5.74) is 8.30. The van der Waals surface area contributed by atoms with Crippen LogP contribution in [-0.2, 0) is 17.8 Å². The van der Waals surface area contributed by atoms with Crippen LogP contribution in [0.4, 0.5) is 11.5 Å². The van der Waals surface area contributed by atoms with Crippen LogP contribution in [-0.4, -0.2) is 21.3 Å². The average molecular weight is 339 g/mol. The van der Waals surface area contributed by atoms with Crippen LogP contribution in [0.2, 0.25) is 0 Å². The fraction of sp³-hybridized carbons (Fsp3) is 0.250. The van der Waals surface area contributed by atoms with Gasteiger partial charge in [0.1, 0.15) is 0 Å². The first-order valence-corrected chi connectivity index (χ1v) is 6.75. The molecule has 0 aliphatic carbocycles. The van der Waals surface area contributed by atoms with Gasteiger partial charge in [0.2, 0.25) is 0 Å². The van der Waals surface area contributed by atoms with Crippen molar-refractivity contribution in [1.82, 2.24) is 9.78 Å². The van der Waals surface area contributed by atoms with Crippen molar-refractivity contribution in [1.29, 1.82) is 0 Å². The Balaban J connectivity index is 2.14. The van der Waals surface area contributed by atoms with Gasteiger partial charge < -0.3 is 10.5 Å². The minimum absolute atomic E-state index is 0.00243. The van der Waals surface area contributed by atoms with E-state index in [2.05, 4.69) is 21.0 Å². The highest BCUT2D eigenvalue weighted by atomic mass is 79.9. The quantitative estimate of drug-likeness (QED) is 0.668. The van der Waals surface area contributed by atoms with Crippen LogP contribution in [0, 0.1) is 10.1 Å².